The normalized spacial score (nSPS) is 15.4. The van der Waals surface area contributed by atoms with Crippen molar-refractivity contribution in [3.63, 3.8) is 0 Å². The number of amides is 2. The number of benzene rings is 3. The summed E-state index contributed by atoms with van der Waals surface area (Å²) in [5.74, 6) is 2.08. The quantitative estimate of drug-likeness (QED) is 0.517. The highest BCUT2D eigenvalue weighted by Crippen LogP contribution is 2.27. The van der Waals surface area contributed by atoms with Crippen LogP contribution in [0.5, 0.6) is 17.2 Å². The average molecular weight is 447 g/mol. The van der Waals surface area contributed by atoms with Gasteiger partial charge in [0, 0.05) is 42.3 Å². The summed E-state index contributed by atoms with van der Waals surface area (Å²) >= 11 is 0. The van der Waals surface area contributed by atoms with Gasteiger partial charge in [-0.2, -0.15) is 0 Å². The van der Waals surface area contributed by atoms with Gasteiger partial charge in [0.15, 0.2) is 0 Å². The Morgan fingerprint density at radius 2 is 1.55 bits per heavy atom. The Kier molecular flexibility index (Phi) is 7.00. The summed E-state index contributed by atoms with van der Waals surface area (Å²) in [5, 5.41) is 5.73. The number of nitrogens with one attached hydrogen (secondary N) is 2. The molecule has 33 heavy (non-hydrogen) atoms. The number of likely N-dealkylation sites (N-methyl/N-ethyl adjacent to an activating group) is 1. The van der Waals surface area contributed by atoms with E-state index in [1.54, 1.807) is 31.4 Å². The Hall–Kier alpha value is -3.71. The summed E-state index contributed by atoms with van der Waals surface area (Å²) < 4.78 is 11.0. The highest BCUT2D eigenvalue weighted by Gasteiger charge is 2.23. The minimum Gasteiger partial charge on any atom is -0.497 e. The van der Waals surface area contributed by atoms with Gasteiger partial charge in [-0.1, -0.05) is 6.07 Å². The largest absolute Gasteiger partial charge is 0.497 e. The molecule has 1 atom stereocenters. The van der Waals surface area contributed by atoms with Crippen LogP contribution in [0.4, 0.5) is 21.9 Å². The van der Waals surface area contributed by atoms with Crippen molar-refractivity contribution in [1.29, 1.82) is 0 Å². The number of anilines is 3. The molecule has 0 spiro atoms. The zero-order valence-electron chi connectivity index (χ0n) is 19.2. The van der Waals surface area contributed by atoms with Gasteiger partial charge in [-0.3, -0.25) is 0 Å². The molecule has 3 aromatic carbocycles. The minimum absolute atomic E-state index is 0.293. The molecule has 2 amide bonds. The van der Waals surface area contributed by atoms with Crippen LogP contribution in [0.2, 0.25) is 0 Å². The summed E-state index contributed by atoms with van der Waals surface area (Å²) in [6.07, 6.45) is 1.17. The molecule has 4 rings (SSSR count). The smallest absolute Gasteiger partial charge is 0.323 e. The van der Waals surface area contributed by atoms with Crippen molar-refractivity contribution in [2.45, 2.75) is 12.5 Å². The molecule has 1 unspecified atom stereocenters. The molecule has 3 aromatic rings. The van der Waals surface area contributed by atoms with E-state index in [4.69, 9.17) is 9.47 Å². The maximum Gasteiger partial charge on any atom is 0.323 e. The number of hydrogen-bond donors (Lipinski definition) is 2. The third kappa shape index (κ3) is 5.96. The van der Waals surface area contributed by atoms with E-state index in [0.717, 1.165) is 24.5 Å². The summed E-state index contributed by atoms with van der Waals surface area (Å²) in [5.41, 5.74) is 2.60. The molecule has 0 aromatic heterocycles. The van der Waals surface area contributed by atoms with Gasteiger partial charge in [0.25, 0.3) is 0 Å². The highest BCUT2D eigenvalue weighted by molar-refractivity contribution is 5.99. The molecule has 172 valence electrons. The minimum atomic E-state index is -0.293. The second-order valence-electron chi connectivity index (χ2n) is 8.28. The molecule has 0 aliphatic carbocycles. The molecule has 1 fully saturated rings. The monoisotopic (exact) mass is 446 g/mol. The van der Waals surface area contributed by atoms with Crippen LogP contribution in [0.25, 0.3) is 0 Å². The van der Waals surface area contributed by atoms with E-state index >= 15 is 0 Å². The maximum atomic E-state index is 12.4. The summed E-state index contributed by atoms with van der Waals surface area (Å²) in [7, 11) is 5.87. The summed E-state index contributed by atoms with van der Waals surface area (Å²) in [6, 6.07) is 22.9. The van der Waals surface area contributed by atoms with Crippen LogP contribution in [0.15, 0.2) is 72.8 Å². The molecule has 2 N–H and O–H groups in total. The maximum absolute atomic E-state index is 12.4. The van der Waals surface area contributed by atoms with Crippen LogP contribution >= 0.6 is 0 Å². The highest BCUT2D eigenvalue weighted by atomic mass is 16.5. The van der Waals surface area contributed by atoms with Crippen molar-refractivity contribution in [2.75, 3.05) is 49.8 Å². The van der Waals surface area contributed by atoms with E-state index in [0.29, 0.717) is 23.2 Å². The molecule has 7 nitrogen and oxygen atoms in total. The third-order valence-corrected chi connectivity index (χ3v) is 5.77. The van der Waals surface area contributed by atoms with Crippen molar-refractivity contribution in [3.8, 4) is 17.2 Å². The van der Waals surface area contributed by atoms with Gasteiger partial charge in [0.2, 0.25) is 0 Å². The fourth-order valence-corrected chi connectivity index (χ4v) is 3.85. The molecule has 1 saturated heterocycles. The van der Waals surface area contributed by atoms with E-state index in [9.17, 15) is 4.79 Å². The van der Waals surface area contributed by atoms with Gasteiger partial charge >= 0.3 is 6.03 Å². The van der Waals surface area contributed by atoms with Gasteiger partial charge in [0.05, 0.1) is 7.11 Å². The predicted octanol–water partition coefficient (Wildman–Crippen LogP) is 5.27. The molecule has 0 radical (unpaired) electrons. The first-order valence-corrected chi connectivity index (χ1v) is 11.0. The van der Waals surface area contributed by atoms with Crippen molar-refractivity contribution < 1.29 is 14.3 Å². The molecular formula is C26H30N4O3. The average Bonchev–Trinajstić information content (AvgIpc) is 3.32. The van der Waals surface area contributed by atoms with Gasteiger partial charge < -0.3 is 29.9 Å². The molecule has 0 saturated carbocycles. The zero-order chi connectivity index (χ0) is 23.2. The number of urea groups is 1. The predicted molar refractivity (Wildman–Crippen MR) is 133 cm³/mol. The van der Waals surface area contributed by atoms with E-state index in [-0.39, 0.29) is 6.03 Å². The number of carbonyl (C=O) groups is 1. The molecule has 1 heterocycles. The number of carbonyl (C=O) groups excluding carboxylic acids is 1. The summed E-state index contributed by atoms with van der Waals surface area (Å²) in [4.78, 5) is 17.1. The van der Waals surface area contributed by atoms with Crippen LogP contribution in [0.1, 0.15) is 6.42 Å². The molecule has 1 aliphatic heterocycles. The second-order valence-corrected chi connectivity index (χ2v) is 8.28. The van der Waals surface area contributed by atoms with Crippen LogP contribution in [0.3, 0.4) is 0 Å². The van der Waals surface area contributed by atoms with Crippen LogP contribution in [0, 0.1) is 0 Å². The first-order chi connectivity index (χ1) is 16.0. The Bertz CT molecular complexity index is 1070. The van der Waals surface area contributed by atoms with Crippen molar-refractivity contribution in [2.24, 2.45) is 0 Å². The number of methoxy groups -OCH3 is 1. The first kappa shape index (κ1) is 22.5. The molecular weight excluding hydrogens is 416 g/mol. The molecule has 0 bridgehead atoms. The Balaban J connectivity index is 1.29. The lowest BCUT2D eigenvalue weighted by atomic mass is 10.2. The van der Waals surface area contributed by atoms with Gasteiger partial charge in [0.1, 0.15) is 17.2 Å². The van der Waals surface area contributed by atoms with E-state index in [1.807, 2.05) is 36.4 Å². The van der Waals surface area contributed by atoms with Crippen molar-refractivity contribution in [3.05, 3.63) is 72.8 Å². The van der Waals surface area contributed by atoms with E-state index < -0.39 is 0 Å². The topological polar surface area (TPSA) is 66.1 Å². The lowest BCUT2D eigenvalue weighted by Gasteiger charge is -2.22. The fourth-order valence-electron chi connectivity index (χ4n) is 3.85. The number of ether oxygens (including phenoxy) is 2. The number of hydrogen-bond acceptors (Lipinski definition) is 5. The Morgan fingerprint density at radius 3 is 2.15 bits per heavy atom. The van der Waals surface area contributed by atoms with Crippen LogP contribution in [-0.2, 0) is 0 Å². The van der Waals surface area contributed by atoms with Gasteiger partial charge in [-0.15, -0.1) is 0 Å². The van der Waals surface area contributed by atoms with Crippen LogP contribution < -0.4 is 25.0 Å². The van der Waals surface area contributed by atoms with E-state index in [2.05, 4.69) is 46.7 Å². The number of rotatable bonds is 7. The van der Waals surface area contributed by atoms with E-state index in [1.165, 1.54) is 12.1 Å². The lowest BCUT2D eigenvalue weighted by molar-refractivity contribution is 0.262. The summed E-state index contributed by atoms with van der Waals surface area (Å²) in [6.45, 7) is 2.07. The fraction of sp³-hybridized carbons (Fsp3) is 0.269. The molecule has 1 aliphatic rings. The number of nitrogens with zero attached hydrogens (tertiary/aromatic N) is 2. The lowest BCUT2D eigenvalue weighted by Crippen LogP contribution is -2.31. The SMILES string of the molecule is COc1cccc(Oc2ccc(NC(=O)Nc3ccc(N4CCC(N(C)C)C4)cc3)cc2)c1. The first-order valence-electron chi connectivity index (χ1n) is 11.0. The third-order valence-electron chi connectivity index (χ3n) is 5.77. The van der Waals surface area contributed by atoms with Crippen molar-refractivity contribution in [1.82, 2.24) is 4.90 Å². The Labute approximate surface area is 194 Å². The van der Waals surface area contributed by atoms with Crippen LogP contribution in [-0.4, -0.2) is 51.3 Å². The zero-order valence-corrected chi connectivity index (χ0v) is 19.2. The molecule has 7 heteroatoms. The van der Waals surface area contributed by atoms with Gasteiger partial charge in [-0.25, -0.2) is 4.79 Å². The van der Waals surface area contributed by atoms with Crippen molar-refractivity contribution >= 4 is 23.1 Å². The second kappa shape index (κ2) is 10.3. The van der Waals surface area contributed by atoms with Gasteiger partial charge in [-0.05, 0) is 81.2 Å². The Morgan fingerprint density at radius 1 is 0.909 bits per heavy atom. The standard InChI is InChI=1S/C26H30N4O3/c1-29(2)22-15-16-30(18-22)21-11-7-19(8-12-21)27-26(31)28-20-9-13-23(14-10-20)33-25-6-4-5-24(17-25)32-3/h4-14,17,22H,15-16,18H2,1-3H3,(H2,27,28,31).